The van der Waals surface area contributed by atoms with Crippen LogP contribution in [0.5, 0.6) is 5.75 Å². The number of carbonyl (C=O) groups excluding carboxylic acids is 3. The lowest BCUT2D eigenvalue weighted by Crippen LogP contribution is -2.54. The van der Waals surface area contributed by atoms with Crippen LogP contribution in [0.2, 0.25) is 0 Å². The number of hydrogen-bond donors (Lipinski definition) is 2. The molecule has 0 radical (unpaired) electrons. The van der Waals surface area contributed by atoms with E-state index in [4.69, 9.17) is 19.2 Å². The molecule has 12 nitrogen and oxygen atoms in total. The van der Waals surface area contributed by atoms with Crippen LogP contribution >= 0.6 is 0 Å². The highest BCUT2D eigenvalue weighted by atomic mass is 19.3. The summed E-state index contributed by atoms with van der Waals surface area (Å²) in [5.74, 6) is -5.66. The highest BCUT2D eigenvalue weighted by Gasteiger charge is 2.36. The van der Waals surface area contributed by atoms with Crippen LogP contribution in [0.25, 0.3) is 11.0 Å². The Bertz CT molecular complexity index is 1210. The molecule has 14 heteroatoms. The van der Waals surface area contributed by atoms with Crippen molar-refractivity contribution >= 4 is 34.8 Å². The zero-order valence-corrected chi connectivity index (χ0v) is 19.5. The molecule has 36 heavy (non-hydrogen) atoms. The van der Waals surface area contributed by atoms with Crippen LogP contribution < -0.4 is 5.63 Å². The number of hydrogen-bond acceptors (Lipinski definition) is 10. The Morgan fingerprint density at radius 1 is 1.14 bits per heavy atom. The number of benzene rings is 1. The molecule has 1 amide bonds. The molecule has 0 saturated heterocycles. The third kappa shape index (κ3) is 7.46. The summed E-state index contributed by atoms with van der Waals surface area (Å²) in [5, 5.41) is 19.9. The van der Waals surface area contributed by atoms with E-state index in [1.165, 1.54) is 19.1 Å². The molecule has 1 aromatic heterocycles. The van der Waals surface area contributed by atoms with Gasteiger partial charge in [0.05, 0.1) is 12.5 Å². The van der Waals surface area contributed by atoms with E-state index in [-0.39, 0.29) is 22.9 Å². The summed E-state index contributed by atoms with van der Waals surface area (Å²) in [6.45, 7) is 3.89. The van der Waals surface area contributed by atoms with Crippen molar-refractivity contribution in [2.75, 3.05) is 0 Å². The number of fused-ring (bicyclic) bond motifs is 1. The fourth-order valence-corrected chi connectivity index (χ4v) is 3.32. The number of phenols is 1. The number of aliphatic carboxylic acids is 1. The van der Waals surface area contributed by atoms with Crippen LogP contribution in [0.1, 0.15) is 44.2 Å². The minimum absolute atomic E-state index is 0.00439. The Morgan fingerprint density at radius 2 is 1.81 bits per heavy atom. The Kier molecular flexibility index (Phi) is 9.44. The highest BCUT2D eigenvalue weighted by Crippen LogP contribution is 2.27. The van der Waals surface area contributed by atoms with Gasteiger partial charge in [-0.2, -0.15) is 0 Å². The van der Waals surface area contributed by atoms with Crippen molar-refractivity contribution in [2.45, 2.75) is 58.9 Å². The van der Waals surface area contributed by atoms with Gasteiger partial charge in [0.1, 0.15) is 23.1 Å². The normalized spacial score (nSPS) is 12.0. The number of rotatable bonds is 11. The summed E-state index contributed by atoms with van der Waals surface area (Å²) < 4.78 is 31.2. The van der Waals surface area contributed by atoms with Gasteiger partial charge in [-0.15, -0.1) is 0 Å². The smallest absolute Gasteiger partial charge is 0.336 e. The summed E-state index contributed by atoms with van der Waals surface area (Å²) in [4.78, 5) is 69.1. The molecule has 1 atom stereocenters. The first-order chi connectivity index (χ1) is 16.8. The highest BCUT2D eigenvalue weighted by molar-refractivity contribution is 5.93. The summed E-state index contributed by atoms with van der Waals surface area (Å²) in [5.41, 5.74) is -0.112. The topological polar surface area (TPSA) is 164 Å². The number of carbonyl (C=O) groups is 4. The molecule has 2 aromatic rings. The van der Waals surface area contributed by atoms with E-state index in [0.717, 1.165) is 13.0 Å². The number of aryl methyl sites for hydroxylation is 1. The zero-order chi connectivity index (χ0) is 27.2. The summed E-state index contributed by atoms with van der Waals surface area (Å²) in [6.07, 6.45) is -5.84. The molecule has 1 heterocycles. The van der Waals surface area contributed by atoms with E-state index < -0.39 is 66.9 Å². The molecular weight excluding hydrogens is 490 g/mol. The van der Waals surface area contributed by atoms with Crippen LogP contribution in [0.15, 0.2) is 27.4 Å². The van der Waals surface area contributed by atoms with Crippen LogP contribution in [-0.4, -0.2) is 56.8 Å². The van der Waals surface area contributed by atoms with Gasteiger partial charge in [0, 0.05) is 36.4 Å². The third-order valence-corrected chi connectivity index (χ3v) is 4.87. The molecule has 1 aromatic carbocycles. The molecule has 1 unspecified atom stereocenters. The van der Waals surface area contributed by atoms with Crippen LogP contribution in [0, 0.1) is 6.92 Å². The second kappa shape index (κ2) is 12.1. The number of alkyl halides is 2. The van der Waals surface area contributed by atoms with Crippen molar-refractivity contribution in [3.05, 3.63) is 39.7 Å². The fraction of sp³-hybridized carbons (Fsp3) is 0.409. The van der Waals surface area contributed by atoms with Crippen molar-refractivity contribution < 1.29 is 52.3 Å². The van der Waals surface area contributed by atoms with E-state index in [0.29, 0.717) is 16.0 Å². The molecule has 0 spiro atoms. The zero-order valence-electron chi connectivity index (χ0n) is 19.5. The van der Waals surface area contributed by atoms with Crippen molar-refractivity contribution in [1.29, 1.82) is 0 Å². The van der Waals surface area contributed by atoms with Crippen molar-refractivity contribution in [2.24, 2.45) is 0 Å². The number of carboxylic acid groups (broad SMARTS) is 1. The van der Waals surface area contributed by atoms with E-state index >= 15 is 0 Å². The number of amides is 1. The maximum absolute atomic E-state index is 13.1. The van der Waals surface area contributed by atoms with E-state index in [1.54, 1.807) is 6.92 Å². The number of carboxylic acids is 1. The summed E-state index contributed by atoms with van der Waals surface area (Å²) >= 11 is 0. The maximum Gasteiger partial charge on any atom is 0.336 e. The number of aromatic hydroxyl groups is 1. The lowest BCUT2D eigenvalue weighted by Gasteiger charge is -2.35. The standard InChI is InChI=1S/C22H24F2N2O10/c1-4-14(8-18(23)24)25(19(29)10-20(30)31)26(35-12(3)27)36-22(33)7-13-6-15-11(2)5-21(32)34-17(15)9-16(13)28/h5-6,9,14,18,28H,4,7-8,10H2,1-3H3,(H,30,31). The Hall–Kier alpha value is -4.07. The van der Waals surface area contributed by atoms with Crippen molar-refractivity contribution in [3.8, 4) is 5.75 Å². The summed E-state index contributed by atoms with van der Waals surface area (Å²) in [7, 11) is 0. The summed E-state index contributed by atoms with van der Waals surface area (Å²) in [6, 6.07) is 2.25. The van der Waals surface area contributed by atoms with Gasteiger partial charge in [-0.1, -0.05) is 6.92 Å². The first-order valence-corrected chi connectivity index (χ1v) is 10.6. The maximum atomic E-state index is 13.1. The third-order valence-electron chi connectivity index (χ3n) is 4.87. The van der Waals surface area contributed by atoms with Gasteiger partial charge in [-0.3, -0.25) is 14.4 Å². The van der Waals surface area contributed by atoms with Gasteiger partial charge in [-0.05, 0) is 25.0 Å². The first-order valence-electron chi connectivity index (χ1n) is 10.6. The van der Waals surface area contributed by atoms with Gasteiger partial charge >= 0.3 is 23.5 Å². The fourth-order valence-electron chi connectivity index (χ4n) is 3.32. The Morgan fingerprint density at radius 3 is 2.36 bits per heavy atom. The van der Waals surface area contributed by atoms with Gasteiger partial charge < -0.3 is 24.3 Å². The molecule has 0 bridgehead atoms. The van der Waals surface area contributed by atoms with Gasteiger partial charge in [0.2, 0.25) is 6.43 Å². The monoisotopic (exact) mass is 514 g/mol. The van der Waals surface area contributed by atoms with Crippen LogP contribution in [-0.2, 0) is 35.3 Å². The minimum atomic E-state index is -2.93. The second-order valence-electron chi connectivity index (χ2n) is 7.68. The number of nitrogens with zero attached hydrogens (tertiary/aromatic N) is 2. The van der Waals surface area contributed by atoms with Gasteiger partial charge in [-0.25, -0.2) is 23.4 Å². The molecule has 2 N–H and O–H groups in total. The quantitative estimate of drug-likeness (QED) is 0.257. The molecule has 0 fully saturated rings. The van der Waals surface area contributed by atoms with Crippen LogP contribution in [0.3, 0.4) is 0 Å². The lowest BCUT2D eigenvalue weighted by atomic mass is 10.0. The molecular formula is C22H24F2N2O10. The molecule has 196 valence electrons. The first kappa shape index (κ1) is 28.2. The minimum Gasteiger partial charge on any atom is -0.508 e. The lowest BCUT2D eigenvalue weighted by molar-refractivity contribution is -0.412. The second-order valence-corrected chi connectivity index (χ2v) is 7.68. The Balaban J connectivity index is 2.39. The number of hydrazine groups is 1. The average molecular weight is 514 g/mol. The molecule has 0 saturated carbocycles. The molecule has 2 rings (SSSR count). The predicted octanol–water partition coefficient (Wildman–Crippen LogP) is 2.24. The molecule has 0 aliphatic heterocycles. The van der Waals surface area contributed by atoms with E-state index in [9.17, 15) is 37.9 Å². The Labute approximate surface area is 202 Å². The number of phenolic OH excluding ortho intramolecular Hbond substituents is 1. The van der Waals surface area contributed by atoms with E-state index in [2.05, 4.69) is 0 Å². The van der Waals surface area contributed by atoms with Crippen molar-refractivity contribution in [3.63, 3.8) is 0 Å². The van der Waals surface area contributed by atoms with Gasteiger partial charge in [0.15, 0.2) is 0 Å². The van der Waals surface area contributed by atoms with Crippen LogP contribution in [0.4, 0.5) is 8.78 Å². The SMILES string of the molecule is CCC(CC(F)F)N(C(=O)CC(=O)O)N(OC(C)=O)OC(=O)Cc1cc2c(C)cc(=O)oc2cc1O. The average Bonchev–Trinajstić information content (AvgIpc) is 2.72. The molecule has 0 aliphatic carbocycles. The van der Waals surface area contributed by atoms with Gasteiger partial charge in [0.25, 0.3) is 5.91 Å². The predicted molar refractivity (Wildman–Crippen MR) is 116 cm³/mol. The van der Waals surface area contributed by atoms with E-state index in [1.807, 2.05) is 0 Å². The number of halogens is 2. The molecule has 0 aliphatic rings. The van der Waals surface area contributed by atoms with Crippen molar-refractivity contribution in [1.82, 2.24) is 10.3 Å². The largest absolute Gasteiger partial charge is 0.508 e.